The molecule has 4 rings (SSSR count). The molecule has 5 nitrogen and oxygen atoms in total. The normalized spacial score (nSPS) is 19.4. The van der Waals surface area contributed by atoms with Crippen LogP contribution in [0, 0.1) is 0 Å². The number of carbonyl (C=O) groups excluding carboxylic acids is 1. The fourth-order valence-electron chi connectivity index (χ4n) is 3.83. The standard InChI is InChI=1S/C18H24N4O/c23-18(20-14-6-2-1-3-7-14)16-13-19-22-11-8-15(12-17(16)22)21-9-4-5-10-21/h8,11-14H,1-7,9-10H2,(H,20,23). The molecule has 1 aliphatic heterocycles. The lowest BCUT2D eigenvalue weighted by Gasteiger charge is -2.22. The highest BCUT2D eigenvalue weighted by Crippen LogP contribution is 2.24. The molecule has 1 N–H and O–H groups in total. The van der Waals surface area contributed by atoms with Crippen molar-refractivity contribution in [3.8, 4) is 0 Å². The number of hydrogen-bond donors (Lipinski definition) is 1. The van der Waals surface area contributed by atoms with Crippen molar-refractivity contribution < 1.29 is 4.79 Å². The molecular formula is C18H24N4O. The van der Waals surface area contributed by atoms with Gasteiger partial charge in [0.25, 0.3) is 5.91 Å². The van der Waals surface area contributed by atoms with E-state index < -0.39 is 0 Å². The van der Waals surface area contributed by atoms with Crippen LogP contribution in [0.1, 0.15) is 55.3 Å². The summed E-state index contributed by atoms with van der Waals surface area (Å²) in [5.41, 5.74) is 2.79. The molecule has 0 radical (unpaired) electrons. The van der Waals surface area contributed by atoms with Gasteiger partial charge in [-0.1, -0.05) is 19.3 Å². The zero-order chi connectivity index (χ0) is 15.6. The lowest BCUT2D eigenvalue weighted by molar-refractivity contribution is 0.0929. The summed E-state index contributed by atoms with van der Waals surface area (Å²) >= 11 is 0. The average molecular weight is 312 g/mol. The van der Waals surface area contributed by atoms with E-state index in [1.807, 2.05) is 6.20 Å². The zero-order valence-corrected chi connectivity index (χ0v) is 13.5. The first-order valence-electron chi connectivity index (χ1n) is 8.84. The molecule has 1 saturated carbocycles. The zero-order valence-electron chi connectivity index (χ0n) is 13.5. The van der Waals surface area contributed by atoms with Crippen molar-refractivity contribution in [3.63, 3.8) is 0 Å². The van der Waals surface area contributed by atoms with E-state index in [9.17, 15) is 4.79 Å². The summed E-state index contributed by atoms with van der Waals surface area (Å²) in [6.07, 6.45) is 12.1. The largest absolute Gasteiger partial charge is 0.371 e. The van der Waals surface area contributed by atoms with E-state index in [4.69, 9.17) is 0 Å². The molecule has 122 valence electrons. The number of nitrogens with zero attached hydrogens (tertiary/aromatic N) is 3. The predicted octanol–water partition coefficient (Wildman–Crippen LogP) is 3.00. The summed E-state index contributed by atoms with van der Waals surface area (Å²) in [5, 5.41) is 7.53. The molecule has 2 fully saturated rings. The van der Waals surface area contributed by atoms with Crippen LogP contribution in [0.2, 0.25) is 0 Å². The molecule has 1 aliphatic carbocycles. The van der Waals surface area contributed by atoms with Gasteiger partial charge >= 0.3 is 0 Å². The minimum atomic E-state index is 0.0190. The summed E-state index contributed by atoms with van der Waals surface area (Å²) < 4.78 is 1.80. The molecule has 2 aromatic heterocycles. The lowest BCUT2D eigenvalue weighted by Crippen LogP contribution is -2.36. The van der Waals surface area contributed by atoms with Gasteiger partial charge in [-0.25, -0.2) is 4.52 Å². The molecule has 0 spiro atoms. The first-order valence-corrected chi connectivity index (χ1v) is 8.84. The average Bonchev–Trinajstić information content (AvgIpc) is 3.25. The summed E-state index contributed by atoms with van der Waals surface area (Å²) in [5.74, 6) is 0.0190. The smallest absolute Gasteiger partial charge is 0.255 e. The van der Waals surface area contributed by atoms with E-state index >= 15 is 0 Å². The van der Waals surface area contributed by atoms with E-state index in [1.165, 1.54) is 37.8 Å². The second-order valence-electron chi connectivity index (χ2n) is 6.78. The number of anilines is 1. The highest BCUT2D eigenvalue weighted by atomic mass is 16.1. The van der Waals surface area contributed by atoms with Gasteiger partial charge in [0.15, 0.2) is 0 Å². The van der Waals surface area contributed by atoms with Gasteiger partial charge in [0, 0.05) is 31.0 Å². The Morgan fingerprint density at radius 1 is 1.13 bits per heavy atom. The molecule has 1 amide bonds. The Labute approximate surface area is 136 Å². The lowest BCUT2D eigenvalue weighted by atomic mass is 9.95. The van der Waals surface area contributed by atoms with Crippen molar-refractivity contribution in [2.45, 2.75) is 51.0 Å². The molecular weight excluding hydrogens is 288 g/mol. The second kappa shape index (κ2) is 6.22. The summed E-state index contributed by atoms with van der Waals surface area (Å²) in [6, 6.07) is 4.52. The van der Waals surface area contributed by atoms with E-state index in [0.717, 1.165) is 31.4 Å². The number of fused-ring (bicyclic) bond motifs is 1. The van der Waals surface area contributed by atoms with Crippen LogP contribution in [0.5, 0.6) is 0 Å². The second-order valence-corrected chi connectivity index (χ2v) is 6.78. The number of nitrogens with one attached hydrogen (secondary N) is 1. The fraction of sp³-hybridized carbons (Fsp3) is 0.556. The first kappa shape index (κ1) is 14.5. The molecule has 23 heavy (non-hydrogen) atoms. The topological polar surface area (TPSA) is 49.6 Å². The Morgan fingerprint density at radius 2 is 1.91 bits per heavy atom. The Kier molecular flexibility index (Phi) is 3.93. The number of pyridine rings is 1. The summed E-state index contributed by atoms with van der Waals surface area (Å²) in [7, 11) is 0. The molecule has 5 heteroatoms. The van der Waals surface area contributed by atoms with Crippen molar-refractivity contribution in [2.24, 2.45) is 0 Å². The van der Waals surface area contributed by atoms with Crippen LogP contribution in [0.15, 0.2) is 24.5 Å². The van der Waals surface area contributed by atoms with Gasteiger partial charge in [0.2, 0.25) is 0 Å². The van der Waals surface area contributed by atoms with Crippen LogP contribution in [-0.4, -0.2) is 34.7 Å². The van der Waals surface area contributed by atoms with Gasteiger partial charge in [0.1, 0.15) is 0 Å². The van der Waals surface area contributed by atoms with E-state index in [2.05, 4.69) is 27.4 Å². The SMILES string of the molecule is O=C(NC1CCCCC1)c1cnn2ccc(N3CCCC3)cc12. The number of carbonyl (C=O) groups is 1. The van der Waals surface area contributed by atoms with Gasteiger partial charge in [-0.3, -0.25) is 4.79 Å². The third-order valence-electron chi connectivity index (χ3n) is 5.16. The highest BCUT2D eigenvalue weighted by Gasteiger charge is 2.20. The van der Waals surface area contributed by atoms with Crippen molar-refractivity contribution >= 4 is 17.1 Å². The molecule has 0 aromatic carbocycles. The maximum absolute atomic E-state index is 12.6. The van der Waals surface area contributed by atoms with E-state index in [0.29, 0.717) is 11.6 Å². The van der Waals surface area contributed by atoms with Gasteiger partial charge < -0.3 is 10.2 Å². The first-order chi connectivity index (χ1) is 11.3. The van der Waals surface area contributed by atoms with Gasteiger partial charge in [-0.05, 0) is 37.8 Å². The molecule has 0 bridgehead atoms. The molecule has 0 atom stereocenters. The van der Waals surface area contributed by atoms with Crippen molar-refractivity contribution in [1.82, 2.24) is 14.9 Å². The van der Waals surface area contributed by atoms with Gasteiger partial charge in [-0.15, -0.1) is 0 Å². The van der Waals surface area contributed by atoms with Crippen molar-refractivity contribution in [2.75, 3.05) is 18.0 Å². The quantitative estimate of drug-likeness (QED) is 0.948. The summed E-state index contributed by atoms with van der Waals surface area (Å²) in [6.45, 7) is 2.21. The van der Waals surface area contributed by atoms with Crippen LogP contribution in [0.3, 0.4) is 0 Å². The van der Waals surface area contributed by atoms with Crippen molar-refractivity contribution in [1.29, 1.82) is 0 Å². The number of aromatic nitrogens is 2. The Hall–Kier alpha value is -2.04. The number of amides is 1. The Bertz CT molecular complexity index is 696. The molecule has 2 aliphatic rings. The van der Waals surface area contributed by atoms with Crippen molar-refractivity contribution in [3.05, 3.63) is 30.1 Å². The minimum absolute atomic E-state index is 0.0190. The number of rotatable bonds is 3. The summed E-state index contributed by atoms with van der Waals surface area (Å²) in [4.78, 5) is 15.0. The number of hydrogen-bond acceptors (Lipinski definition) is 3. The highest BCUT2D eigenvalue weighted by molar-refractivity contribution is 6.01. The fourth-order valence-corrected chi connectivity index (χ4v) is 3.83. The van der Waals surface area contributed by atoms with Gasteiger partial charge in [0.05, 0.1) is 17.3 Å². The molecule has 3 heterocycles. The van der Waals surface area contributed by atoms with Crippen LogP contribution in [-0.2, 0) is 0 Å². The predicted molar refractivity (Wildman–Crippen MR) is 91.0 cm³/mol. The maximum atomic E-state index is 12.6. The molecule has 0 unspecified atom stereocenters. The molecule has 1 saturated heterocycles. The molecule has 2 aromatic rings. The van der Waals surface area contributed by atoms with E-state index in [1.54, 1.807) is 10.7 Å². The maximum Gasteiger partial charge on any atom is 0.255 e. The third kappa shape index (κ3) is 2.92. The van der Waals surface area contributed by atoms with Crippen LogP contribution in [0.25, 0.3) is 5.52 Å². The van der Waals surface area contributed by atoms with Crippen LogP contribution in [0.4, 0.5) is 5.69 Å². The Balaban J connectivity index is 1.58. The van der Waals surface area contributed by atoms with Gasteiger partial charge in [-0.2, -0.15) is 5.10 Å². The Morgan fingerprint density at radius 3 is 2.70 bits per heavy atom. The van der Waals surface area contributed by atoms with Crippen LogP contribution >= 0.6 is 0 Å². The third-order valence-corrected chi connectivity index (χ3v) is 5.16. The minimum Gasteiger partial charge on any atom is -0.371 e. The monoisotopic (exact) mass is 312 g/mol. The van der Waals surface area contributed by atoms with E-state index in [-0.39, 0.29) is 5.91 Å². The van der Waals surface area contributed by atoms with Crippen LogP contribution < -0.4 is 10.2 Å².